The fourth-order valence-corrected chi connectivity index (χ4v) is 1.31. The molecule has 0 unspecified atom stereocenters. The third-order valence-electron chi connectivity index (χ3n) is 2.18. The number of nitrogen functional groups attached to an aromatic ring is 1. The molecule has 1 aromatic carbocycles. The van der Waals surface area contributed by atoms with Crippen molar-refractivity contribution in [3.05, 3.63) is 47.8 Å². The molecule has 0 fully saturated rings. The van der Waals surface area contributed by atoms with E-state index in [-0.39, 0.29) is 11.6 Å². The lowest BCUT2D eigenvalue weighted by atomic mass is 10.2. The first-order valence-corrected chi connectivity index (χ1v) is 5.03. The van der Waals surface area contributed by atoms with Crippen LogP contribution in [0, 0.1) is 6.92 Å². The second kappa shape index (κ2) is 4.61. The molecule has 0 saturated heterocycles. The second-order valence-corrected chi connectivity index (χ2v) is 3.46. The zero-order valence-corrected chi connectivity index (χ0v) is 9.25. The van der Waals surface area contributed by atoms with E-state index in [0.29, 0.717) is 5.75 Å². The number of carbonyl (C=O) groups is 1. The number of ether oxygens (including phenoxy) is 1. The molecular weight excluding hydrogens is 218 g/mol. The molecule has 2 rings (SSSR count). The molecule has 5 heteroatoms. The molecule has 0 atom stereocenters. The van der Waals surface area contributed by atoms with Gasteiger partial charge in [-0.05, 0) is 24.6 Å². The highest BCUT2D eigenvalue weighted by atomic mass is 16.5. The van der Waals surface area contributed by atoms with Crippen LogP contribution in [-0.4, -0.2) is 15.9 Å². The van der Waals surface area contributed by atoms with Crippen LogP contribution in [0.3, 0.4) is 0 Å². The first-order valence-electron chi connectivity index (χ1n) is 5.03. The molecule has 0 bridgehead atoms. The van der Waals surface area contributed by atoms with Crippen LogP contribution in [-0.2, 0) is 0 Å². The maximum absolute atomic E-state index is 11.8. The number of para-hydroxylation sites is 1. The van der Waals surface area contributed by atoms with Crippen molar-refractivity contribution in [1.29, 1.82) is 0 Å². The summed E-state index contributed by atoms with van der Waals surface area (Å²) >= 11 is 0. The van der Waals surface area contributed by atoms with Crippen LogP contribution in [0.2, 0.25) is 0 Å². The molecule has 17 heavy (non-hydrogen) atoms. The Kier molecular flexibility index (Phi) is 3.00. The average molecular weight is 229 g/mol. The molecule has 1 heterocycles. The molecule has 0 radical (unpaired) electrons. The molecule has 2 aromatic rings. The molecule has 0 spiro atoms. The highest BCUT2D eigenvalue weighted by molar-refractivity contribution is 5.89. The van der Waals surface area contributed by atoms with Gasteiger partial charge in [0.1, 0.15) is 5.75 Å². The van der Waals surface area contributed by atoms with Crippen LogP contribution >= 0.6 is 0 Å². The van der Waals surface area contributed by atoms with Gasteiger partial charge in [0, 0.05) is 6.20 Å². The molecule has 0 aliphatic carbocycles. The minimum atomic E-state index is -0.548. The van der Waals surface area contributed by atoms with Crippen LogP contribution in [0.1, 0.15) is 16.1 Å². The highest BCUT2D eigenvalue weighted by Crippen LogP contribution is 2.17. The third-order valence-corrected chi connectivity index (χ3v) is 2.18. The number of rotatable bonds is 2. The predicted molar refractivity (Wildman–Crippen MR) is 62.6 cm³/mol. The second-order valence-electron chi connectivity index (χ2n) is 3.46. The Labute approximate surface area is 98.3 Å². The van der Waals surface area contributed by atoms with Gasteiger partial charge in [-0.3, -0.25) is 0 Å². The van der Waals surface area contributed by atoms with E-state index in [1.807, 2.05) is 19.1 Å². The fraction of sp³-hybridized carbons (Fsp3) is 0.0833. The van der Waals surface area contributed by atoms with E-state index < -0.39 is 5.97 Å². The third kappa shape index (κ3) is 2.57. The van der Waals surface area contributed by atoms with Crippen LogP contribution in [0.4, 0.5) is 5.95 Å². The number of hydrogen-bond acceptors (Lipinski definition) is 5. The van der Waals surface area contributed by atoms with Gasteiger partial charge in [0.2, 0.25) is 5.95 Å². The standard InChI is InChI=1S/C12H11N3O2/c1-8-4-2-3-5-10(8)17-11(16)9-6-7-14-12(13)15-9/h2-7H,1H3,(H2,13,14,15). The monoisotopic (exact) mass is 229 g/mol. The number of nitrogens with zero attached hydrogens (tertiary/aromatic N) is 2. The van der Waals surface area contributed by atoms with E-state index in [0.717, 1.165) is 5.56 Å². The van der Waals surface area contributed by atoms with E-state index in [2.05, 4.69) is 9.97 Å². The SMILES string of the molecule is Cc1ccccc1OC(=O)c1ccnc(N)n1. The van der Waals surface area contributed by atoms with Gasteiger partial charge in [-0.25, -0.2) is 14.8 Å². The number of aromatic nitrogens is 2. The summed E-state index contributed by atoms with van der Waals surface area (Å²) in [6.07, 6.45) is 1.41. The number of hydrogen-bond donors (Lipinski definition) is 1. The Bertz CT molecular complexity index is 555. The Balaban J connectivity index is 2.20. The van der Waals surface area contributed by atoms with Gasteiger partial charge >= 0.3 is 5.97 Å². The lowest BCUT2D eigenvalue weighted by molar-refractivity contribution is 0.0727. The molecule has 0 amide bonds. The normalized spacial score (nSPS) is 9.94. The summed E-state index contributed by atoms with van der Waals surface area (Å²) in [7, 11) is 0. The topological polar surface area (TPSA) is 78.1 Å². The summed E-state index contributed by atoms with van der Waals surface area (Å²) in [5.74, 6) is 0.00678. The van der Waals surface area contributed by atoms with Gasteiger partial charge < -0.3 is 10.5 Å². The van der Waals surface area contributed by atoms with Crippen molar-refractivity contribution in [1.82, 2.24) is 9.97 Å². The van der Waals surface area contributed by atoms with E-state index >= 15 is 0 Å². The fourth-order valence-electron chi connectivity index (χ4n) is 1.31. The van der Waals surface area contributed by atoms with Crippen molar-refractivity contribution >= 4 is 11.9 Å². The van der Waals surface area contributed by atoms with E-state index in [4.69, 9.17) is 10.5 Å². The Morgan fingerprint density at radius 1 is 1.29 bits per heavy atom. The summed E-state index contributed by atoms with van der Waals surface area (Å²) in [6, 6.07) is 8.70. The zero-order valence-electron chi connectivity index (χ0n) is 9.25. The van der Waals surface area contributed by atoms with Crippen LogP contribution in [0.5, 0.6) is 5.75 Å². The predicted octanol–water partition coefficient (Wildman–Crippen LogP) is 1.59. The van der Waals surface area contributed by atoms with E-state index in [1.54, 1.807) is 12.1 Å². The van der Waals surface area contributed by atoms with Gasteiger partial charge in [0.15, 0.2) is 5.69 Å². The van der Waals surface area contributed by atoms with Crippen molar-refractivity contribution in [3.8, 4) is 5.75 Å². The van der Waals surface area contributed by atoms with Crippen molar-refractivity contribution < 1.29 is 9.53 Å². The summed E-state index contributed by atoms with van der Waals surface area (Å²) in [4.78, 5) is 19.2. The number of aryl methyl sites for hydroxylation is 1. The van der Waals surface area contributed by atoms with Crippen molar-refractivity contribution in [2.75, 3.05) is 5.73 Å². The Hall–Kier alpha value is -2.43. The Morgan fingerprint density at radius 3 is 2.76 bits per heavy atom. The molecule has 0 aliphatic rings. The van der Waals surface area contributed by atoms with Gasteiger partial charge in [-0.15, -0.1) is 0 Å². The van der Waals surface area contributed by atoms with Gasteiger partial charge in [-0.2, -0.15) is 0 Å². The largest absolute Gasteiger partial charge is 0.422 e. The first-order chi connectivity index (χ1) is 8.16. The summed E-state index contributed by atoms with van der Waals surface area (Å²) in [5, 5.41) is 0. The van der Waals surface area contributed by atoms with Gasteiger partial charge in [0.05, 0.1) is 0 Å². The molecule has 0 aliphatic heterocycles. The molecule has 1 aromatic heterocycles. The van der Waals surface area contributed by atoms with E-state index in [1.165, 1.54) is 12.3 Å². The van der Waals surface area contributed by atoms with Crippen molar-refractivity contribution in [2.45, 2.75) is 6.92 Å². The minimum absolute atomic E-state index is 0.0456. The van der Waals surface area contributed by atoms with E-state index in [9.17, 15) is 4.79 Å². The summed E-state index contributed by atoms with van der Waals surface area (Å²) < 4.78 is 5.20. The smallest absolute Gasteiger partial charge is 0.362 e. The summed E-state index contributed by atoms with van der Waals surface area (Å²) in [5.41, 5.74) is 6.41. The summed E-state index contributed by atoms with van der Waals surface area (Å²) in [6.45, 7) is 1.86. The van der Waals surface area contributed by atoms with Crippen LogP contribution < -0.4 is 10.5 Å². The zero-order chi connectivity index (χ0) is 12.3. The molecular formula is C12H11N3O2. The molecule has 2 N–H and O–H groups in total. The first kappa shape index (κ1) is 11.1. The maximum Gasteiger partial charge on any atom is 0.362 e. The van der Waals surface area contributed by atoms with Gasteiger partial charge in [0.25, 0.3) is 0 Å². The number of carbonyl (C=O) groups excluding carboxylic acids is 1. The van der Waals surface area contributed by atoms with Crippen LogP contribution in [0.15, 0.2) is 36.5 Å². The average Bonchev–Trinajstić information content (AvgIpc) is 2.32. The molecule has 86 valence electrons. The minimum Gasteiger partial charge on any atom is -0.422 e. The number of anilines is 1. The highest BCUT2D eigenvalue weighted by Gasteiger charge is 2.11. The molecule has 0 saturated carbocycles. The number of nitrogens with two attached hydrogens (primary N) is 1. The van der Waals surface area contributed by atoms with Crippen molar-refractivity contribution in [2.24, 2.45) is 0 Å². The molecule has 5 nitrogen and oxygen atoms in total. The van der Waals surface area contributed by atoms with Crippen LogP contribution in [0.25, 0.3) is 0 Å². The maximum atomic E-state index is 11.8. The quantitative estimate of drug-likeness (QED) is 0.625. The Morgan fingerprint density at radius 2 is 2.06 bits per heavy atom. The number of benzene rings is 1. The lowest BCUT2D eigenvalue weighted by Crippen LogP contribution is -2.12. The lowest BCUT2D eigenvalue weighted by Gasteiger charge is -2.06. The number of esters is 1. The van der Waals surface area contributed by atoms with Crippen molar-refractivity contribution in [3.63, 3.8) is 0 Å². The van der Waals surface area contributed by atoms with Gasteiger partial charge in [-0.1, -0.05) is 18.2 Å².